The van der Waals surface area contributed by atoms with Gasteiger partial charge in [0, 0.05) is 23.6 Å². The highest BCUT2D eigenvalue weighted by Gasteiger charge is 2.22. The number of thiazole rings is 1. The van der Waals surface area contributed by atoms with Gasteiger partial charge in [0.2, 0.25) is 0 Å². The number of hydrogen-bond acceptors (Lipinski definition) is 4. The molecule has 5 nitrogen and oxygen atoms in total. The van der Waals surface area contributed by atoms with Crippen molar-refractivity contribution in [1.29, 1.82) is 0 Å². The summed E-state index contributed by atoms with van der Waals surface area (Å²) in [5, 5.41) is 13.6. The topological polar surface area (TPSA) is 60.4 Å². The number of rotatable bonds is 4. The van der Waals surface area contributed by atoms with E-state index in [-0.39, 0.29) is 10.6 Å². The van der Waals surface area contributed by atoms with E-state index in [1.54, 1.807) is 23.5 Å². The highest BCUT2D eigenvalue weighted by Crippen LogP contribution is 2.34. The number of nitro benzene ring substituents is 1. The minimum atomic E-state index is -0.374. The zero-order valence-corrected chi connectivity index (χ0v) is 16.1. The number of halogens is 1. The van der Waals surface area contributed by atoms with Gasteiger partial charge in [-0.3, -0.25) is 10.1 Å². The monoisotopic (exact) mass is 399 g/mol. The van der Waals surface area contributed by atoms with Gasteiger partial charge in [0.05, 0.1) is 21.3 Å². The Morgan fingerprint density at radius 3 is 2.48 bits per heavy atom. The van der Waals surface area contributed by atoms with E-state index in [1.165, 1.54) is 12.8 Å². The van der Waals surface area contributed by atoms with Gasteiger partial charge in [0.1, 0.15) is 0 Å². The Labute approximate surface area is 165 Å². The fraction of sp³-hybridized carbons (Fsp3) is 0.250. The largest absolute Gasteiger partial charge is 0.313 e. The average molecular weight is 400 g/mol. The molecule has 3 aromatic rings. The van der Waals surface area contributed by atoms with Crippen molar-refractivity contribution in [2.45, 2.75) is 31.7 Å². The van der Waals surface area contributed by atoms with Crippen molar-refractivity contribution < 1.29 is 4.92 Å². The van der Waals surface area contributed by atoms with Crippen molar-refractivity contribution in [3.05, 3.63) is 73.8 Å². The van der Waals surface area contributed by atoms with E-state index >= 15 is 0 Å². The van der Waals surface area contributed by atoms with Crippen LogP contribution in [-0.4, -0.2) is 9.49 Å². The molecule has 1 saturated carbocycles. The van der Waals surface area contributed by atoms with Crippen molar-refractivity contribution in [3.63, 3.8) is 0 Å². The summed E-state index contributed by atoms with van der Waals surface area (Å²) < 4.78 is 2.28. The second kappa shape index (κ2) is 7.66. The third-order valence-corrected chi connectivity index (χ3v) is 6.03. The molecule has 0 N–H and O–H groups in total. The molecular formula is C20H18ClN3O2S. The van der Waals surface area contributed by atoms with Crippen LogP contribution in [0.5, 0.6) is 0 Å². The lowest BCUT2D eigenvalue weighted by Gasteiger charge is -2.16. The number of para-hydroxylation sites is 1. The van der Waals surface area contributed by atoms with Gasteiger partial charge >= 0.3 is 0 Å². The summed E-state index contributed by atoms with van der Waals surface area (Å²) in [6.07, 6.45) is 4.65. The summed E-state index contributed by atoms with van der Waals surface area (Å²) in [5.74, 6) is 0. The van der Waals surface area contributed by atoms with Crippen molar-refractivity contribution in [2.24, 2.45) is 4.99 Å². The van der Waals surface area contributed by atoms with Gasteiger partial charge in [-0.2, -0.15) is 0 Å². The fourth-order valence-electron chi connectivity index (χ4n) is 3.53. The Kier molecular flexibility index (Phi) is 5.09. The molecule has 1 aromatic heterocycles. The lowest BCUT2D eigenvalue weighted by molar-refractivity contribution is -0.384. The van der Waals surface area contributed by atoms with Crippen molar-refractivity contribution >= 4 is 34.3 Å². The first-order chi connectivity index (χ1) is 13.1. The van der Waals surface area contributed by atoms with E-state index in [1.807, 2.05) is 36.4 Å². The van der Waals surface area contributed by atoms with E-state index in [0.29, 0.717) is 11.1 Å². The Bertz CT molecular complexity index is 1030. The lowest BCUT2D eigenvalue weighted by atomic mass is 10.1. The third-order valence-electron chi connectivity index (χ3n) is 4.87. The van der Waals surface area contributed by atoms with E-state index < -0.39 is 0 Å². The molecule has 1 aliphatic rings. The number of nitro groups is 1. The van der Waals surface area contributed by atoms with Gasteiger partial charge in [0.15, 0.2) is 4.80 Å². The van der Waals surface area contributed by atoms with E-state index in [0.717, 1.165) is 34.6 Å². The Morgan fingerprint density at radius 2 is 1.81 bits per heavy atom. The van der Waals surface area contributed by atoms with E-state index in [9.17, 15) is 10.1 Å². The molecule has 2 aromatic carbocycles. The van der Waals surface area contributed by atoms with Crippen LogP contribution in [0.25, 0.3) is 11.3 Å². The standard InChI is InChI=1S/C20H18ClN3O2S/c21-17-7-3-4-8-18(17)22-20-23(15-5-1-2-6-15)19(13-27-20)14-9-11-16(12-10-14)24(25)26/h3-4,7-13,15H,1-2,5-6H2. The average Bonchev–Trinajstić information content (AvgIpc) is 3.33. The van der Waals surface area contributed by atoms with Crippen LogP contribution in [0.4, 0.5) is 11.4 Å². The maximum atomic E-state index is 10.9. The second-order valence-corrected chi connectivity index (χ2v) is 7.82. The Morgan fingerprint density at radius 1 is 1.11 bits per heavy atom. The highest BCUT2D eigenvalue weighted by molar-refractivity contribution is 7.07. The fourth-order valence-corrected chi connectivity index (χ4v) is 4.68. The van der Waals surface area contributed by atoms with Gasteiger partial charge in [-0.25, -0.2) is 4.99 Å². The molecule has 4 rings (SSSR count). The predicted octanol–water partition coefficient (Wildman–Crippen LogP) is 6.13. The molecule has 0 unspecified atom stereocenters. The van der Waals surface area contributed by atoms with Crippen LogP contribution >= 0.6 is 22.9 Å². The number of non-ortho nitro benzene ring substituents is 1. The highest BCUT2D eigenvalue weighted by atomic mass is 35.5. The summed E-state index contributed by atoms with van der Waals surface area (Å²) in [6.45, 7) is 0. The summed E-state index contributed by atoms with van der Waals surface area (Å²) in [5.41, 5.74) is 2.86. The summed E-state index contributed by atoms with van der Waals surface area (Å²) >= 11 is 7.87. The molecule has 0 saturated heterocycles. The van der Waals surface area contributed by atoms with E-state index in [2.05, 4.69) is 9.95 Å². The maximum Gasteiger partial charge on any atom is 0.269 e. The molecule has 1 aliphatic carbocycles. The number of aromatic nitrogens is 1. The van der Waals surface area contributed by atoms with Crippen molar-refractivity contribution in [2.75, 3.05) is 0 Å². The smallest absolute Gasteiger partial charge is 0.269 e. The van der Waals surface area contributed by atoms with Crippen LogP contribution in [0.15, 0.2) is 58.9 Å². The van der Waals surface area contributed by atoms with Gasteiger partial charge in [-0.05, 0) is 42.7 Å². The summed E-state index contributed by atoms with van der Waals surface area (Å²) in [6, 6.07) is 14.7. The molecule has 0 aliphatic heterocycles. The number of benzene rings is 2. The molecule has 0 atom stereocenters. The van der Waals surface area contributed by atoms with Crippen molar-refractivity contribution in [1.82, 2.24) is 4.57 Å². The van der Waals surface area contributed by atoms with Crippen LogP contribution in [0.3, 0.4) is 0 Å². The first-order valence-electron chi connectivity index (χ1n) is 8.87. The molecule has 1 heterocycles. The molecule has 27 heavy (non-hydrogen) atoms. The SMILES string of the molecule is O=[N+]([O-])c1ccc(-c2csc(=Nc3ccccc3Cl)n2C2CCCC2)cc1. The number of hydrogen-bond donors (Lipinski definition) is 0. The van der Waals surface area contributed by atoms with Gasteiger partial charge in [-0.1, -0.05) is 36.6 Å². The second-order valence-electron chi connectivity index (χ2n) is 6.58. The summed E-state index contributed by atoms with van der Waals surface area (Å²) in [4.78, 5) is 16.3. The van der Waals surface area contributed by atoms with Crippen LogP contribution in [0.1, 0.15) is 31.7 Å². The van der Waals surface area contributed by atoms with Crippen LogP contribution in [0.2, 0.25) is 5.02 Å². The van der Waals surface area contributed by atoms with Crippen molar-refractivity contribution in [3.8, 4) is 11.3 Å². The maximum absolute atomic E-state index is 10.9. The first kappa shape index (κ1) is 17.9. The normalized spacial score (nSPS) is 15.4. The molecule has 0 amide bonds. The quantitative estimate of drug-likeness (QED) is 0.391. The van der Waals surface area contributed by atoms with Gasteiger partial charge in [-0.15, -0.1) is 11.3 Å². The molecular weight excluding hydrogens is 382 g/mol. The zero-order valence-electron chi connectivity index (χ0n) is 14.5. The first-order valence-corrected chi connectivity index (χ1v) is 10.1. The molecule has 0 spiro atoms. The minimum absolute atomic E-state index is 0.0994. The lowest BCUT2D eigenvalue weighted by Crippen LogP contribution is -2.19. The molecule has 0 bridgehead atoms. The Hall–Kier alpha value is -2.44. The Balaban J connectivity index is 1.84. The summed E-state index contributed by atoms with van der Waals surface area (Å²) in [7, 11) is 0. The molecule has 1 fully saturated rings. The molecule has 138 valence electrons. The van der Waals surface area contributed by atoms with Crippen LogP contribution in [-0.2, 0) is 0 Å². The van der Waals surface area contributed by atoms with Crippen LogP contribution in [0, 0.1) is 10.1 Å². The van der Waals surface area contributed by atoms with Crippen LogP contribution < -0.4 is 4.80 Å². The molecule has 7 heteroatoms. The zero-order chi connectivity index (χ0) is 18.8. The van der Waals surface area contributed by atoms with Gasteiger partial charge < -0.3 is 4.57 Å². The third kappa shape index (κ3) is 3.68. The predicted molar refractivity (Wildman–Crippen MR) is 109 cm³/mol. The van der Waals surface area contributed by atoms with E-state index in [4.69, 9.17) is 16.6 Å². The minimum Gasteiger partial charge on any atom is -0.313 e. The van der Waals surface area contributed by atoms with Gasteiger partial charge in [0.25, 0.3) is 5.69 Å². The molecule has 0 radical (unpaired) electrons. The number of nitrogens with zero attached hydrogens (tertiary/aromatic N) is 3.